The van der Waals surface area contributed by atoms with Crippen molar-refractivity contribution in [2.75, 3.05) is 0 Å². The lowest BCUT2D eigenvalue weighted by molar-refractivity contribution is -0.146. The number of carbonyl (C=O) groups is 2. The zero-order valence-electron chi connectivity index (χ0n) is 27.2. The van der Waals surface area contributed by atoms with Gasteiger partial charge in [-0.3, -0.25) is 9.59 Å². The number of unbranched alkanes of at least 4 members (excludes halogenated alkanes) is 26. The lowest BCUT2D eigenvalue weighted by Gasteiger charge is -2.19. The van der Waals surface area contributed by atoms with Crippen LogP contribution in [0.3, 0.4) is 0 Å². The van der Waals surface area contributed by atoms with E-state index in [0.717, 1.165) is 44.9 Å². The normalized spacial score (nSPS) is 12.9. The first-order valence-corrected chi connectivity index (χ1v) is 18.1. The summed E-state index contributed by atoms with van der Waals surface area (Å²) in [5.41, 5.74) is 0. The molecule has 0 saturated heterocycles. The van der Waals surface area contributed by atoms with Crippen LogP contribution in [0.2, 0.25) is 0 Å². The van der Waals surface area contributed by atoms with Gasteiger partial charge >= 0.3 is 11.9 Å². The molecule has 0 aromatic heterocycles. The highest BCUT2D eigenvalue weighted by atomic mass is 16.4. The smallest absolute Gasteiger partial charge is 0.309 e. The first-order valence-electron chi connectivity index (χ1n) is 18.1. The van der Waals surface area contributed by atoms with E-state index in [0.29, 0.717) is 19.3 Å². The molecule has 0 saturated carbocycles. The number of aliphatic carboxylic acids is 2. The Morgan fingerprint density at radius 1 is 0.439 bits per heavy atom. The monoisotopic (exact) mass is 583 g/mol. The van der Waals surface area contributed by atoms with Gasteiger partial charge in [-0.1, -0.05) is 180 Å². The minimum atomic E-state index is -0.828. The first-order chi connectivity index (χ1) is 20.0. The molecule has 0 fully saturated rings. The molecule has 2 atom stereocenters. The zero-order chi connectivity index (χ0) is 30.2. The molecule has 41 heavy (non-hydrogen) atoms. The molecular formula is C36H70O5. The van der Waals surface area contributed by atoms with E-state index in [9.17, 15) is 19.8 Å². The summed E-state index contributed by atoms with van der Waals surface area (Å²) < 4.78 is 0. The maximum Gasteiger partial charge on any atom is 0.309 e. The second-order valence-electron chi connectivity index (χ2n) is 12.8. The summed E-state index contributed by atoms with van der Waals surface area (Å²) in [5.74, 6) is -2.11. The van der Waals surface area contributed by atoms with Gasteiger partial charge in [0.15, 0.2) is 0 Å². The minimum absolute atomic E-state index is 0.309. The molecule has 0 aliphatic carbocycles. The molecule has 0 spiro atoms. The second-order valence-corrected chi connectivity index (χ2v) is 12.8. The highest BCUT2D eigenvalue weighted by molar-refractivity contribution is 5.70. The summed E-state index contributed by atoms with van der Waals surface area (Å²) in [6.07, 6.45) is 35.4. The van der Waals surface area contributed by atoms with E-state index in [1.54, 1.807) is 0 Å². The average molecular weight is 583 g/mol. The molecule has 0 aliphatic heterocycles. The van der Waals surface area contributed by atoms with Crippen LogP contribution in [0, 0.1) is 5.92 Å². The van der Waals surface area contributed by atoms with Crippen molar-refractivity contribution < 1.29 is 24.9 Å². The zero-order valence-corrected chi connectivity index (χ0v) is 27.2. The van der Waals surface area contributed by atoms with Crippen molar-refractivity contribution in [2.24, 2.45) is 5.92 Å². The summed E-state index contributed by atoms with van der Waals surface area (Å²) >= 11 is 0. The molecule has 0 bridgehead atoms. The molecule has 3 N–H and O–H groups in total. The summed E-state index contributed by atoms with van der Waals surface area (Å²) in [6, 6.07) is 0. The minimum Gasteiger partial charge on any atom is -0.481 e. The molecule has 0 heterocycles. The lowest BCUT2D eigenvalue weighted by atomic mass is 9.91. The molecule has 0 aliphatic rings. The maximum absolute atomic E-state index is 11.7. The molecule has 5 nitrogen and oxygen atoms in total. The molecule has 244 valence electrons. The predicted octanol–water partition coefficient (Wildman–Crippen LogP) is 11.2. The number of aliphatic hydroxyl groups is 1. The van der Waals surface area contributed by atoms with Gasteiger partial charge in [-0.15, -0.1) is 0 Å². The van der Waals surface area contributed by atoms with E-state index in [1.165, 1.54) is 135 Å². The van der Waals surface area contributed by atoms with Gasteiger partial charge in [0.2, 0.25) is 0 Å². The third kappa shape index (κ3) is 30.2. The standard InChI is InChI=1S/C36H70O5/c1-2-3-4-5-6-7-8-9-12-15-18-21-24-27-30-33(36(40)41)34(37)31-28-25-22-19-16-13-10-11-14-17-20-23-26-29-32-35(38)39/h33-34,37H,2-32H2,1H3,(H,38,39)(H,40,41). The van der Waals surface area contributed by atoms with Gasteiger partial charge in [0, 0.05) is 6.42 Å². The SMILES string of the molecule is CCCCCCCCCCCCCCCCC(C(=O)O)C(O)CCCCCCCCCCCCCCCCC(=O)O. The highest BCUT2D eigenvalue weighted by Crippen LogP contribution is 2.21. The third-order valence-corrected chi connectivity index (χ3v) is 8.79. The Kier molecular flexibility index (Phi) is 31.0. The van der Waals surface area contributed by atoms with Crippen LogP contribution >= 0.6 is 0 Å². The molecule has 0 radical (unpaired) electrons. The number of hydrogen-bond acceptors (Lipinski definition) is 3. The van der Waals surface area contributed by atoms with Gasteiger partial charge in [0.25, 0.3) is 0 Å². The van der Waals surface area contributed by atoms with Gasteiger partial charge < -0.3 is 15.3 Å². The van der Waals surface area contributed by atoms with Crippen molar-refractivity contribution >= 4 is 11.9 Å². The van der Waals surface area contributed by atoms with E-state index < -0.39 is 24.0 Å². The Morgan fingerprint density at radius 2 is 0.732 bits per heavy atom. The Labute approximate surface area is 254 Å². The average Bonchev–Trinajstić information content (AvgIpc) is 2.94. The van der Waals surface area contributed by atoms with Crippen LogP contribution in [0.5, 0.6) is 0 Å². The summed E-state index contributed by atoms with van der Waals surface area (Å²) in [7, 11) is 0. The Hall–Kier alpha value is -1.10. The van der Waals surface area contributed by atoms with Crippen molar-refractivity contribution in [3.8, 4) is 0 Å². The van der Waals surface area contributed by atoms with Crippen LogP contribution in [0.15, 0.2) is 0 Å². The lowest BCUT2D eigenvalue weighted by Crippen LogP contribution is -2.28. The number of hydrogen-bond donors (Lipinski definition) is 3. The molecule has 2 unspecified atom stereocenters. The molecule has 0 aromatic carbocycles. The van der Waals surface area contributed by atoms with Crippen LogP contribution in [0.1, 0.15) is 206 Å². The summed E-state index contributed by atoms with van der Waals surface area (Å²) in [4.78, 5) is 22.2. The van der Waals surface area contributed by atoms with Crippen molar-refractivity contribution in [3.63, 3.8) is 0 Å². The van der Waals surface area contributed by atoms with Gasteiger partial charge in [0.05, 0.1) is 12.0 Å². The van der Waals surface area contributed by atoms with Gasteiger partial charge in [-0.25, -0.2) is 0 Å². The highest BCUT2D eigenvalue weighted by Gasteiger charge is 2.25. The molecular weight excluding hydrogens is 512 g/mol. The van der Waals surface area contributed by atoms with Gasteiger partial charge in [0.1, 0.15) is 0 Å². The van der Waals surface area contributed by atoms with Gasteiger partial charge in [-0.2, -0.15) is 0 Å². The van der Waals surface area contributed by atoms with E-state index in [1.807, 2.05) is 0 Å². The van der Waals surface area contributed by atoms with Crippen LogP contribution < -0.4 is 0 Å². The van der Waals surface area contributed by atoms with E-state index in [4.69, 9.17) is 5.11 Å². The molecule has 0 aromatic rings. The summed E-state index contributed by atoms with van der Waals surface area (Å²) in [5, 5.41) is 28.8. The number of carboxylic acid groups (broad SMARTS) is 2. The number of aliphatic hydroxyl groups excluding tert-OH is 1. The largest absolute Gasteiger partial charge is 0.481 e. The fourth-order valence-electron chi connectivity index (χ4n) is 5.99. The molecule has 0 amide bonds. The Bertz CT molecular complexity index is 564. The van der Waals surface area contributed by atoms with Crippen molar-refractivity contribution in [2.45, 2.75) is 212 Å². The molecule has 5 heteroatoms. The Balaban J connectivity index is 3.52. The van der Waals surface area contributed by atoms with Crippen molar-refractivity contribution in [3.05, 3.63) is 0 Å². The number of rotatable bonds is 34. The Morgan fingerprint density at radius 3 is 1.05 bits per heavy atom. The second kappa shape index (κ2) is 31.8. The van der Waals surface area contributed by atoms with Crippen LogP contribution in [0.4, 0.5) is 0 Å². The predicted molar refractivity (Wildman–Crippen MR) is 174 cm³/mol. The summed E-state index contributed by atoms with van der Waals surface area (Å²) in [6.45, 7) is 2.27. The topological polar surface area (TPSA) is 94.8 Å². The van der Waals surface area contributed by atoms with E-state index >= 15 is 0 Å². The molecule has 0 rings (SSSR count). The van der Waals surface area contributed by atoms with Crippen LogP contribution in [0.25, 0.3) is 0 Å². The maximum atomic E-state index is 11.7. The van der Waals surface area contributed by atoms with Crippen molar-refractivity contribution in [1.82, 2.24) is 0 Å². The fraction of sp³-hybridized carbons (Fsp3) is 0.944. The van der Waals surface area contributed by atoms with Crippen LogP contribution in [-0.2, 0) is 9.59 Å². The number of carboxylic acids is 2. The first kappa shape index (κ1) is 39.9. The fourth-order valence-corrected chi connectivity index (χ4v) is 5.99. The third-order valence-electron chi connectivity index (χ3n) is 8.79. The van der Waals surface area contributed by atoms with Gasteiger partial charge in [-0.05, 0) is 19.3 Å². The van der Waals surface area contributed by atoms with E-state index in [-0.39, 0.29) is 0 Å². The van der Waals surface area contributed by atoms with Crippen molar-refractivity contribution in [1.29, 1.82) is 0 Å². The van der Waals surface area contributed by atoms with E-state index in [2.05, 4.69) is 6.92 Å². The van der Waals surface area contributed by atoms with Crippen LogP contribution in [-0.4, -0.2) is 33.4 Å². The quantitative estimate of drug-likeness (QED) is 0.0656.